The molecule has 1 fully saturated rings. The first-order valence-corrected chi connectivity index (χ1v) is 8.61. The van der Waals surface area contributed by atoms with E-state index in [0.29, 0.717) is 32.5 Å². The number of hydrogen-bond donors (Lipinski definition) is 2. The summed E-state index contributed by atoms with van der Waals surface area (Å²) in [6.07, 6.45) is 1.96. The van der Waals surface area contributed by atoms with Crippen molar-refractivity contribution in [2.45, 2.75) is 39.2 Å². The number of nitrogens with one attached hydrogen (secondary N) is 2. The van der Waals surface area contributed by atoms with E-state index < -0.39 is 16.1 Å². The summed E-state index contributed by atoms with van der Waals surface area (Å²) in [4.78, 5) is 12.0. The van der Waals surface area contributed by atoms with Crippen molar-refractivity contribution in [1.82, 2.24) is 14.9 Å². The van der Waals surface area contributed by atoms with Crippen LogP contribution < -0.4 is 10.6 Å². The topological polar surface area (TPSA) is 78.5 Å². The zero-order chi connectivity index (χ0) is 14.3. The van der Waals surface area contributed by atoms with Gasteiger partial charge in [0, 0.05) is 19.6 Å². The minimum absolute atomic E-state index is 0.119. The minimum Gasteiger partial charge on any atom is -0.353 e. The Labute approximate surface area is 116 Å². The third kappa shape index (κ3) is 4.74. The molecule has 6 nitrogen and oxygen atoms in total. The average molecular weight is 291 g/mol. The molecule has 1 heterocycles. The number of rotatable bonds is 8. The molecule has 0 radical (unpaired) electrons. The Bertz CT molecular complexity index is 384. The third-order valence-electron chi connectivity index (χ3n) is 3.18. The van der Waals surface area contributed by atoms with E-state index in [4.69, 9.17) is 0 Å². The van der Waals surface area contributed by atoms with Crippen molar-refractivity contribution in [2.24, 2.45) is 0 Å². The van der Waals surface area contributed by atoms with Gasteiger partial charge < -0.3 is 10.6 Å². The second kappa shape index (κ2) is 7.81. The molecule has 0 aromatic rings. The summed E-state index contributed by atoms with van der Waals surface area (Å²) >= 11 is 0. The minimum atomic E-state index is -3.28. The summed E-state index contributed by atoms with van der Waals surface area (Å²) in [6.45, 7) is 6.39. The summed E-state index contributed by atoms with van der Waals surface area (Å²) in [7, 11) is -3.28. The molecule has 112 valence electrons. The van der Waals surface area contributed by atoms with Gasteiger partial charge in [-0.1, -0.05) is 13.8 Å². The molecule has 1 aliphatic rings. The van der Waals surface area contributed by atoms with Crippen LogP contribution >= 0.6 is 0 Å². The molecule has 1 unspecified atom stereocenters. The molecule has 1 amide bonds. The van der Waals surface area contributed by atoms with Crippen molar-refractivity contribution < 1.29 is 13.2 Å². The van der Waals surface area contributed by atoms with E-state index in [1.54, 1.807) is 0 Å². The fourth-order valence-electron chi connectivity index (χ4n) is 2.28. The second-order valence-corrected chi connectivity index (χ2v) is 6.77. The van der Waals surface area contributed by atoms with Crippen LogP contribution in [0.15, 0.2) is 0 Å². The van der Waals surface area contributed by atoms with Gasteiger partial charge in [0.05, 0.1) is 5.75 Å². The number of nitrogens with zero attached hydrogens (tertiary/aromatic N) is 1. The van der Waals surface area contributed by atoms with E-state index >= 15 is 0 Å². The Hall–Kier alpha value is -0.660. The lowest BCUT2D eigenvalue weighted by Crippen LogP contribution is -2.47. The van der Waals surface area contributed by atoms with Gasteiger partial charge in [0.25, 0.3) is 0 Å². The van der Waals surface area contributed by atoms with Crippen LogP contribution in [0, 0.1) is 0 Å². The standard InChI is InChI=1S/C12H25N3O3S/c1-3-10-19(17,18)15-9-5-6-11(15)12(16)14-8-7-13-4-2/h11,13H,3-10H2,1-2H3,(H,14,16). The van der Waals surface area contributed by atoms with Crippen LogP contribution in [0.2, 0.25) is 0 Å². The predicted molar refractivity (Wildman–Crippen MR) is 75.4 cm³/mol. The number of amides is 1. The third-order valence-corrected chi connectivity index (χ3v) is 5.25. The number of carbonyl (C=O) groups is 1. The molecule has 7 heteroatoms. The summed E-state index contributed by atoms with van der Waals surface area (Å²) in [5.41, 5.74) is 0. The fourth-order valence-corrected chi connectivity index (χ4v) is 4.03. The molecule has 0 saturated carbocycles. The Morgan fingerprint density at radius 3 is 2.68 bits per heavy atom. The highest BCUT2D eigenvalue weighted by atomic mass is 32.2. The normalized spacial score (nSPS) is 20.6. The molecule has 0 aromatic carbocycles. The molecule has 2 N–H and O–H groups in total. The number of hydrogen-bond acceptors (Lipinski definition) is 4. The van der Waals surface area contributed by atoms with Gasteiger partial charge in [0.2, 0.25) is 15.9 Å². The summed E-state index contributed by atoms with van der Waals surface area (Å²) in [6, 6.07) is -0.516. The zero-order valence-corrected chi connectivity index (χ0v) is 12.6. The molecular weight excluding hydrogens is 266 g/mol. The Morgan fingerprint density at radius 1 is 1.32 bits per heavy atom. The van der Waals surface area contributed by atoms with Crippen LogP contribution in [0.4, 0.5) is 0 Å². The number of carbonyl (C=O) groups excluding carboxylic acids is 1. The van der Waals surface area contributed by atoms with E-state index in [1.165, 1.54) is 4.31 Å². The maximum Gasteiger partial charge on any atom is 0.238 e. The lowest BCUT2D eigenvalue weighted by atomic mass is 10.2. The highest BCUT2D eigenvalue weighted by molar-refractivity contribution is 7.89. The SMILES string of the molecule is CCCS(=O)(=O)N1CCCC1C(=O)NCCNCC. The summed E-state index contributed by atoms with van der Waals surface area (Å²) < 4.78 is 25.5. The van der Waals surface area contributed by atoms with E-state index in [-0.39, 0.29) is 11.7 Å². The van der Waals surface area contributed by atoms with Crippen LogP contribution in [-0.2, 0) is 14.8 Å². The van der Waals surface area contributed by atoms with Crippen molar-refractivity contribution in [1.29, 1.82) is 0 Å². The van der Waals surface area contributed by atoms with Crippen molar-refractivity contribution >= 4 is 15.9 Å². The lowest BCUT2D eigenvalue weighted by molar-refractivity contribution is -0.124. The predicted octanol–water partition coefficient (Wildman–Crippen LogP) is -0.0837. The molecule has 1 rings (SSSR count). The van der Waals surface area contributed by atoms with E-state index in [0.717, 1.165) is 13.0 Å². The summed E-state index contributed by atoms with van der Waals surface area (Å²) in [5, 5.41) is 5.91. The van der Waals surface area contributed by atoms with Crippen LogP contribution in [0.1, 0.15) is 33.1 Å². The number of likely N-dealkylation sites (N-methyl/N-ethyl adjacent to an activating group) is 1. The van der Waals surface area contributed by atoms with Crippen molar-refractivity contribution in [2.75, 3.05) is 31.9 Å². The van der Waals surface area contributed by atoms with Crippen LogP contribution in [-0.4, -0.2) is 56.6 Å². The first kappa shape index (κ1) is 16.4. The first-order chi connectivity index (χ1) is 9.03. The van der Waals surface area contributed by atoms with Gasteiger partial charge in [-0.05, 0) is 25.8 Å². The van der Waals surface area contributed by atoms with E-state index in [1.807, 2.05) is 13.8 Å². The monoisotopic (exact) mass is 291 g/mol. The smallest absolute Gasteiger partial charge is 0.238 e. The molecule has 0 aromatic heterocycles. The molecule has 19 heavy (non-hydrogen) atoms. The average Bonchev–Trinajstić information content (AvgIpc) is 2.84. The molecule has 0 aliphatic carbocycles. The maximum absolute atomic E-state index is 12.1. The number of sulfonamides is 1. The molecule has 0 spiro atoms. The Balaban J connectivity index is 2.54. The van der Waals surface area contributed by atoms with Crippen molar-refractivity contribution in [3.63, 3.8) is 0 Å². The molecular formula is C12H25N3O3S. The van der Waals surface area contributed by atoms with Gasteiger partial charge in [-0.15, -0.1) is 0 Å². The molecule has 1 atom stereocenters. The van der Waals surface area contributed by atoms with Crippen LogP contribution in [0.3, 0.4) is 0 Å². The maximum atomic E-state index is 12.1. The van der Waals surface area contributed by atoms with Gasteiger partial charge in [0.15, 0.2) is 0 Å². The zero-order valence-electron chi connectivity index (χ0n) is 11.8. The highest BCUT2D eigenvalue weighted by Crippen LogP contribution is 2.21. The molecule has 0 bridgehead atoms. The highest BCUT2D eigenvalue weighted by Gasteiger charge is 2.37. The Kier molecular flexibility index (Phi) is 6.74. The molecule has 1 aliphatic heterocycles. The fraction of sp³-hybridized carbons (Fsp3) is 0.917. The van der Waals surface area contributed by atoms with Gasteiger partial charge in [0.1, 0.15) is 6.04 Å². The van der Waals surface area contributed by atoms with Gasteiger partial charge in [-0.3, -0.25) is 4.79 Å². The van der Waals surface area contributed by atoms with E-state index in [9.17, 15) is 13.2 Å². The van der Waals surface area contributed by atoms with Gasteiger partial charge in [-0.2, -0.15) is 4.31 Å². The second-order valence-electron chi connectivity index (χ2n) is 4.73. The summed E-state index contributed by atoms with van der Waals surface area (Å²) in [5.74, 6) is -0.0520. The first-order valence-electron chi connectivity index (χ1n) is 7.00. The van der Waals surface area contributed by atoms with Crippen LogP contribution in [0.5, 0.6) is 0 Å². The molecule has 1 saturated heterocycles. The van der Waals surface area contributed by atoms with Crippen LogP contribution in [0.25, 0.3) is 0 Å². The van der Waals surface area contributed by atoms with Gasteiger partial charge >= 0.3 is 0 Å². The Morgan fingerprint density at radius 2 is 2.05 bits per heavy atom. The quantitative estimate of drug-likeness (QED) is 0.613. The van der Waals surface area contributed by atoms with Crippen molar-refractivity contribution in [3.05, 3.63) is 0 Å². The van der Waals surface area contributed by atoms with Crippen molar-refractivity contribution in [3.8, 4) is 0 Å². The van der Waals surface area contributed by atoms with E-state index in [2.05, 4.69) is 10.6 Å². The lowest BCUT2D eigenvalue weighted by Gasteiger charge is -2.23. The van der Waals surface area contributed by atoms with Gasteiger partial charge in [-0.25, -0.2) is 8.42 Å². The largest absolute Gasteiger partial charge is 0.353 e.